The van der Waals surface area contributed by atoms with E-state index in [1.54, 1.807) is 0 Å². The second-order valence-corrected chi connectivity index (χ2v) is 6.17. The van der Waals surface area contributed by atoms with Crippen molar-refractivity contribution in [2.75, 3.05) is 5.32 Å². The summed E-state index contributed by atoms with van der Waals surface area (Å²) in [6.45, 7) is 1.87. The van der Waals surface area contributed by atoms with Crippen molar-refractivity contribution in [1.82, 2.24) is 9.78 Å². The Morgan fingerprint density at radius 3 is 2.44 bits per heavy atom. The summed E-state index contributed by atoms with van der Waals surface area (Å²) in [5.74, 6) is -2.04. The van der Waals surface area contributed by atoms with Gasteiger partial charge in [-0.05, 0) is 44.0 Å². The number of carbonyl (C=O) groups is 2. The maximum atomic E-state index is 13.2. The maximum Gasteiger partial charge on any atom is 0.434 e. The molecule has 10 heteroatoms. The van der Waals surface area contributed by atoms with Crippen LogP contribution in [0.15, 0.2) is 30.5 Å². The van der Waals surface area contributed by atoms with E-state index < -0.39 is 29.5 Å². The van der Waals surface area contributed by atoms with E-state index in [0.717, 1.165) is 6.42 Å². The van der Waals surface area contributed by atoms with E-state index in [0.29, 0.717) is 23.0 Å². The van der Waals surface area contributed by atoms with Crippen molar-refractivity contribution >= 4 is 17.6 Å². The molecular formula is C17H16F3N3O4. The molecule has 2 N–H and O–H groups in total. The molecule has 2 unspecified atom stereocenters. The van der Waals surface area contributed by atoms with Crippen LogP contribution in [0.1, 0.15) is 35.8 Å². The lowest BCUT2D eigenvalue weighted by Crippen LogP contribution is -2.27. The number of amides is 1. The van der Waals surface area contributed by atoms with Gasteiger partial charge in [0.1, 0.15) is 11.7 Å². The lowest BCUT2D eigenvalue weighted by atomic mass is 10.2. The zero-order valence-corrected chi connectivity index (χ0v) is 14.2. The van der Waals surface area contributed by atoms with Crippen LogP contribution in [0.2, 0.25) is 0 Å². The molecular weight excluding hydrogens is 367 g/mol. The Balaban J connectivity index is 1.82. The van der Waals surface area contributed by atoms with E-state index in [1.165, 1.54) is 24.3 Å². The fraction of sp³-hybridized carbons (Fsp3) is 0.353. The molecule has 0 aliphatic carbocycles. The Bertz CT molecular complexity index is 861. The summed E-state index contributed by atoms with van der Waals surface area (Å²) < 4.78 is 45.7. The third-order valence-corrected chi connectivity index (χ3v) is 4.17. The van der Waals surface area contributed by atoms with E-state index in [4.69, 9.17) is 9.84 Å². The van der Waals surface area contributed by atoms with Gasteiger partial charge in [-0.3, -0.25) is 4.79 Å². The van der Waals surface area contributed by atoms with Crippen LogP contribution in [0.5, 0.6) is 0 Å². The minimum atomic E-state index is -4.90. The van der Waals surface area contributed by atoms with Crippen molar-refractivity contribution < 1.29 is 32.6 Å². The second kappa shape index (κ2) is 7.03. The van der Waals surface area contributed by atoms with Gasteiger partial charge in [-0.15, -0.1) is 0 Å². The Labute approximate surface area is 151 Å². The molecule has 3 rings (SSSR count). The summed E-state index contributed by atoms with van der Waals surface area (Å²) in [6.07, 6.45) is -3.41. The van der Waals surface area contributed by atoms with Crippen LogP contribution >= 0.6 is 0 Å². The molecule has 2 heterocycles. The number of aromatic nitrogens is 2. The average molecular weight is 383 g/mol. The highest BCUT2D eigenvalue weighted by Gasteiger charge is 2.40. The minimum Gasteiger partial charge on any atom is -0.478 e. The van der Waals surface area contributed by atoms with Crippen LogP contribution in [0, 0.1) is 0 Å². The van der Waals surface area contributed by atoms with E-state index in [2.05, 4.69) is 10.4 Å². The highest BCUT2D eigenvalue weighted by molar-refractivity contribution is 5.94. The van der Waals surface area contributed by atoms with Crippen LogP contribution in [0.4, 0.5) is 18.9 Å². The molecule has 0 saturated carbocycles. The number of halogens is 3. The van der Waals surface area contributed by atoms with Gasteiger partial charge >= 0.3 is 12.1 Å². The molecule has 0 spiro atoms. The normalized spacial score (nSPS) is 19.9. The molecule has 1 saturated heterocycles. The van der Waals surface area contributed by atoms with Gasteiger partial charge < -0.3 is 15.2 Å². The summed E-state index contributed by atoms with van der Waals surface area (Å²) in [5.41, 5.74) is -1.92. The molecule has 2 atom stereocenters. The van der Waals surface area contributed by atoms with E-state index in [-0.39, 0.29) is 17.7 Å². The number of benzene rings is 1. The van der Waals surface area contributed by atoms with Gasteiger partial charge in [-0.25, -0.2) is 9.48 Å². The first-order chi connectivity index (χ1) is 12.7. The molecule has 1 fully saturated rings. The molecule has 7 nitrogen and oxygen atoms in total. The summed E-state index contributed by atoms with van der Waals surface area (Å²) in [5, 5.41) is 15.1. The standard InChI is InChI=1S/C17H16F3N3O4/c1-9-2-7-13(27-9)15(24)22-10-3-5-11(6-4-10)23-14(17(18,19)20)12(8-21-23)16(25)26/h3-6,8-9,13H,2,7H2,1H3,(H,22,24)(H,25,26). The Hall–Kier alpha value is -2.88. The Morgan fingerprint density at radius 1 is 1.26 bits per heavy atom. The zero-order chi connectivity index (χ0) is 19.8. The number of carboxylic acids is 1. The van der Waals surface area contributed by atoms with Gasteiger partial charge in [0.05, 0.1) is 18.0 Å². The van der Waals surface area contributed by atoms with Crippen LogP contribution in [0.3, 0.4) is 0 Å². The minimum absolute atomic E-state index is 0.00663. The predicted molar refractivity (Wildman–Crippen MR) is 87.7 cm³/mol. The molecule has 0 bridgehead atoms. The highest BCUT2D eigenvalue weighted by atomic mass is 19.4. The number of hydrogen-bond acceptors (Lipinski definition) is 4. The number of ether oxygens (including phenoxy) is 1. The highest BCUT2D eigenvalue weighted by Crippen LogP contribution is 2.33. The summed E-state index contributed by atoms with van der Waals surface area (Å²) in [6, 6.07) is 5.44. The lowest BCUT2D eigenvalue weighted by molar-refractivity contribution is -0.143. The molecule has 27 heavy (non-hydrogen) atoms. The number of rotatable bonds is 4. The topological polar surface area (TPSA) is 93.5 Å². The third kappa shape index (κ3) is 3.95. The number of carboxylic acid groups (broad SMARTS) is 1. The number of aromatic carboxylic acids is 1. The molecule has 2 aromatic rings. The summed E-state index contributed by atoms with van der Waals surface area (Å²) in [7, 11) is 0. The smallest absolute Gasteiger partial charge is 0.434 e. The number of carbonyl (C=O) groups excluding carboxylic acids is 1. The first-order valence-corrected chi connectivity index (χ1v) is 8.12. The fourth-order valence-corrected chi connectivity index (χ4v) is 2.88. The number of nitrogens with one attached hydrogen (secondary N) is 1. The van der Waals surface area contributed by atoms with Crippen molar-refractivity contribution in [3.05, 3.63) is 41.7 Å². The largest absolute Gasteiger partial charge is 0.478 e. The van der Waals surface area contributed by atoms with Crippen molar-refractivity contribution in [3.63, 3.8) is 0 Å². The zero-order valence-electron chi connectivity index (χ0n) is 14.2. The molecule has 1 aromatic carbocycles. The van der Waals surface area contributed by atoms with Crippen molar-refractivity contribution in [2.45, 2.75) is 38.1 Å². The first kappa shape index (κ1) is 18.9. The number of alkyl halides is 3. The monoisotopic (exact) mass is 383 g/mol. The van der Waals surface area contributed by atoms with Gasteiger partial charge in [0, 0.05) is 5.69 Å². The molecule has 0 radical (unpaired) electrons. The molecule has 1 aromatic heterocycles. The number of hydrogen-bond donors (Lipinski definition) is 2. The fourth-order valence-electron chi connectivity index (χ4n) is 2.88. The van der Waals surface area contributed by atoms with Crippen LogP contribution < -0.4 is 5.32 Å². The average Bonchev–Trinajstić information content (AvgIpc) is 3.21. The van der Waals surface area contributed by atoms with Gasteiger partial charge in [0.25, 0.3) is 5.91 Å². The Morgan fingerprint density at radius 2 is 1.93 bits per heavy atom. The van der Waals surface area contributed by atoms with Gasteiger partial charge in [0.2, 0.25) is 0 Å². The van der Waals surface area contributed by atoms with Crippen molar-refractivity contribution in [2.24, 2.45) is 0 Å². The Kier molecular flexibility index (Phi) is 4.92. The molecule has 1 amide bonds. The predicted octanol–water partition coefficient (Wildman–Crippen LogP) is 3.10. The lowest BCUT2D eigenvalue weighted by Gasteiger charge is -2.13. The summed E-state index contributed by atoms with van der Waals surface area (Å²) in [4.78, 5) is 23.1. The quantitative estimate of drug-likeness (QED) is 0.846. The summed E-state index contributed by atoms with van der Waals surface area (Å²) >= 11 is 0. The van der Waals surface area contributed by atoms with E-state index in [1.807, 2.05) is 6.92 Å². The van der Waals surface area contributed by atoms with E-state index in [9.17, 15) is 22.8 Å². The van der Waals surface area contributed by atoms with Gasteiger partial charge in [-0.1, -0.05) is 0 Å². The second-order valence-electron chi connectivity index (χ2n) is 6.17. The van der Waals surface area contributed by atoms with Gasteiger partial charge in [0.15, 0.2) is 5.69 Å². The van der Waals surface area contributed by atoms with Crippen molar-refractivity contribution in [1.29, 1.82) is 0 Å². The van der Waals surface area contributed by atoms with Crippen LogP contribution in [0.25, 0.3) is 5.69 Å². The maximum absolute atomic E-state index is 13.2. The molecule has 1 aliphatic rings. The van der Waals surface area contributed by atoms with Gasteiger partial charge in [-0.2, -0.15) is 18.3 Å². The molecule has 144 valence electrons. The number of nitrogens with zero attached hydrogens (tertiary/aromatic N) is 2. The van der Waals surface area contributed by atoms with Crippen LogP contribution in [-0.4, -0.2) is 39.0 Å². The van der Waals surface area contributed by atoms with E-state index >= 15 is 0 Å². The van der Waals surface area contributed by atoms with Crippen molar-refractivity contribution in [3.8, 4) is 5.69 Å². The number of anilines is 1. The first-order valence-electron chi connectivity index (χ1n) is 8.12. The third-order valence-electron chi connectivity index (χ3n) is 4.17. The molecule has 1 aliphatic heterocycles. The van der Waals surface area contributed by atoms with Crippen LogP contribution in [-0.2, 0) is 15.7 Å². The SMILES string of the molecule is CC1CCC(C(=O)Nc2ccc(-n3ncc(C(=O)O)c3C(F)(F)F)cc2)O1.